The lowest BCUT2D eigenvalue weighted by Gasteiger charge is -2.39. The van der Waals surface area contributed by atoms with Crippen LogP contribution < -0.4 is 15.8 Å². The number of carbonyl (C=O) groups is 1. The van der Waals surface area contributed by atoms with Gasteiger partial charge in [0.1, 0.15) is 11.1 Å². The van der Waals surface area contributed by atoms with Gasteiger partial charge in [-0.1, -0.05) is 35.3 Å². The molecule has 1 fully saturated rings. The van der Waals surface area contributed by atoms with Crippen LogP contribution in [0.1, 0.15) is 19.8 Å². The number of H-pyrrole nitrogens is 2. The van der Waals surface area contributed by atoms with Crippen molar-refractivity contribution >= 4 is 46.3 Å². The summed E-state index contributed by atoms with van der Waals surface area (Å²) in [6.07, 6.45) is 0.138. The summed E-state index contributed by atoms with van der Waals surface area (Å²) in [7, 11) is 0. The molecule has 1 saturated heterocycles. The van der Waals surface area contributed by atoms with Gasteiger partial charge in [0.05, 0.1) is 10.0 Å². The van der Waals surface area contributed by atoms with Crippen molar-refractivity contribution in [2.24, 2.45) is 0 Å². The Bertz CT molecular complexity index is 1150. The number of aromatic nitrogens is 4. The lowest BCUT2D eigenvalue weighted by Crippen LogP contribution is -2.53. The number of nitrogens with one attached hydrogen (secondary N) is 3. The maximum atomic E-state index is 12.8. The number of hydrogen-bond acceptors (Lipinski definition) is 5. The molecule has 0 aliphatic carbocycles. The molecule has 1 amide bonds. The lowest BCUT2D eigenvalue weighted by molar-refractivity contribution is 0.173. The van der Waals surface area contributed by atoms with Gasteiger partial charge in [-0.05, 0) is 25.8 Å². The first kappa shape index (κ1) is 19.5. The zero-order valence-electron chi connectivity index (χ0n) is 15.4. The Kier molecular flexibility index (Phi) is 4.87. The number of hydrogen-bond donors (Lipinski definition) is 4. The molecule has 2 aromatic heterocycles. The fourth-order valence-electron chi connectivity index (χ4n) is 3.55. The van der Waals surface area contributed by atoms with Crippen LogP contribution in [-0.4, -0.2) is 50.0 Å². The van der Waals surface area contributed by atoms with Crippen LogP contribution >= 0.6 is 23.2 Å². The summed E-state index contributed by atoms with van der Waals surface area (Å²) in [6, 6.07) is 5.13. The molecule has 3 heterocycles. The second kappa shape index (κ2) is 7.23. The first-order valence-electron chi connectivity index (χ1n) is 8.96. The number of piperidine rings is 1. The van der Waals surface area contributed by atoms with Crippen molar-refractivity contribution in [1.29, 1.82) is 0 Å². The van der Waals surface area contributed by atoms with E-state index >= 15 is 0 Å². The van der Waals surface area contributed by atoms with Crippen molar-refractivity contribution < 1.29 is 9.90 Å². The molecule has 1 aliphatic heterocycles. The molecule has 1 aliphatic rings. The highest BCUT2D eigenvalue weighted by molar-refractivity contribution is 6.43. The molecule has 4 rings (SSSR count). The summed E-state index contributed by atoms with van der Waals surface area (Å²) < 4.78 is 0. The van der Waals surface area contributed by atoms with E-state index in [1.165, 1.54) is 0 Å². The highest BCUT2D eigenvalue weighted by Crippen LogP contribution is 2.34. The molecule has 4 N–H and O–H groups in total. The average Bonchev–Trinajstić information content (AvgIpc) is 3.08. The predicted molar refractivity (Wildman–Crippen MR) is 111 cm³/mol. The van der Waals surface area contributed by atoms with Crippen molar-refractivity contribution in [3.8, 4) is 11.3 Å². The Hall–Kier alpha value is -2.78. The molecule has 11 heteroatoms. The SMILES string of the molecule is CC1(NC(=O)O)CCN(c2nc3[nH]nc(-c4cccc(Cl)c4Cl)c3c(=O)[nH]2)CC1. The van der Waals surface area contributed by atoms with Gasteiger partial charge in [-0.3, -0.25) is 14.9 Å². The minimum Gasteiger partial charge on any atom is -0.465 e. The van der Waals surface area contributed by atoms with E-state index in [1.54, 1.807) is 18.2 Å². The summed E-state index contributed by atoms with van der Waals surface area (Å²) in [5.41, 5.74) is 0.411. The highest BCUT2D eigenvalue weighted by atomic mass is 35.5. The van der Waals surface area contributed by atoms with Crippen molar-refractivity contribution in [2.45, 2.75) is 25.3 Å². The molecular weight excluding hydrogens is 419 g/mol. The van der Waals surface area contributed by atoms with Gasteiger partial charge >= 0.3 is 6.09 Å². The van der Waals surface area contributed by atoms with E-state index in [-0.39, 0.29) is 5.56 Å². The van der Waals surface area contributed by atoms with Gasteiger partial charge in [0.15, 0.2) is 5.65 Å². The molecule has 0 radical (unpaired) electrons. The minimum atomic E-state index is -1.04. The first-order valence-corrected chi connectivity index (χ1v) is 9.72. The third-order valence-electron chi connectivity index (χ3n) is 5.20. The van der Waals surface area contributed by atoms with Crippen molar-refractivity contribution in [2.75, 3.05) is 18.0 Å². The van der Waals surface area contributed by atoms with Gasteiger partial charge in [0.2, 0.25) is 5.95 Å². The Balaban J connectivity index is 1.66. The second-order valence-corrected chi connectivity index (χ2v) is 8.05. The van der Waals surface area contributed by atoms with Crippen LogP contribution in [0.15, 0.2) is 23.0 Å². The smallest absolute Gasteiger partial charge is 0.405 e. The topological polar surface area (TPSA) is 127 Å². The van der Waals surface area contributed by atoms with E-state index < -0.39 is 11.6 Å². The molecule has 0 unspecified atom stereocenters. The van der Waals surface area contributed by atoms with Crippen molar-refractivity contribution in [3.63, 3.8) is 0 Å². The summed E-state index contributed by atoms with van der Waals surface area (Å²) in [5, 5.41) is 19.6. The Morgan fingerprint density at radius 3 is 2.72 bits per heavy atom. The quantitative estimate of drug-likeness (QED) is 0.498. The largest absolute Gasteiger partial charge is 0.465 e. The Labute approximate surface area is 175 Å². The highest BCUT2D eigenvalue weighted by Gasteiger charge is 2.32. The third-order valence-corrected chi connectivity index (χ3v) is 6.02. The number of anilines is 1. The summed E-state index contributed by atoms with van der Waals surface area (Å²) in [4.78, 5) is 33.0. The molecule has 0 atom stereocenters. The van der Waals surface area contributed by atoms with Gasteiger partial charge in [0.25, 0.3) is 5.56 Å². The normalized spacial score (nSPS) is 16.2. The van der Waals surface area contributed by atoms with E-state index in [1.807, 2.05) is 11.8 Å². The van der Waals surface area contributed by atoms with Crippen LogP contribution in [0, 0.1) is 0 Å². The van der Waals surface area contributed by atoms with Crippen molar-refractivity contribution in [1.82, 2.24) is 25.5 Å². The average molecular weight is 437 g/mol. The minimum absolute atomic E-state index is 0.298. The van der Waals surface area contributed by atoms with Gasteiger partial charge in [0, 0.05) is 24.2 Å². The number of aromatic amines is 2. The van der Waals surface area contributed by atoms with E-state index in [4.69, 9.17) is 28.3 Å². The van der Waals surface area contributed by atoms with Crippen LogP contribution in [0.4, 0.5) is 10.7 Å². The van der Waals surface area contributed by atoms with E-state index in [0.717, 1.165) is 0 Å². The molecule has 152 valence electrons. The molecule has 0 spiro atoms. The Morgan fingerprint density at radius 1 is 1.31 bits per heavy atom. The molecule has 0 saturated carbocycles. The number of benzene rings is 1. The maximum Gasteiger partial charge on any atom is 0.405 e. The van der Waals surface area contributed by atoms with E-state index in [0.29, 0.717) is 64.2 Å². The van der Waals surface area contributed by atoms with Crippen LogP contribution in [0.25, 0.3) is 22.3 Å². The fraction of sp³-hybridized carbons (Fsp3) is 0.333. The predicted octanol–water partition coefficient (Wildman–Crippen LogP) is 3.25. The van der Waals surface area contributed by atoms with Gasteiger partial charge in [-0.25, -0.2) is 4.79 Å². The monoisotopic (exact) mass is 436 g/mol. The van der Waals surface area contributed by atoms with Gasteiger partial charge in [-0.15, -0.1) is 0 Å². The molecular formula is C18H18Cl2N6O3. The molecule has 3 aromatic rings. The van der Waals surface area contributed by atoms with Crippen LogP contribution in [0.2, 0.25) is 10.0 Å². The van der Waals surface area contributed by atoms with Gasteiger partial charge < -0.3 is 15.3 Å². The molecule has 9 nitrogen and oxygen atoms in total. The first-order chi connectivity index (χ1) is 13.8. The lowest BCUT2D eigenvalue weighted by atomic mass is 9.90. The second-order valence-electron chi connectivity index (χ2n) is 7.26. The molecule has 29 heavy (non-hydrogen) atoms. The number of fused-ring (bicyclic) bond motifs is 1. The summed E-state index contributed by atoms with van der Waals surface area (Å²) in [5.74, 6) is 0.410. The number of amides is 1. The number of carboxylic acid groups (broad SMARTS) is 1. The zero-order chi connectivity index (χ0) is 20.8. The van der Waals surface area contributed by atoms with Crippen LogP contribution in [-0.2, 0) is 0 Å². The van der Waals surface area contributed by atoms with Gasteiger partial charge in [-0.2, -0.15) is 10.1 Å². The van der Waals surface area contributed by atoms with Crippen LogP contribution in [0.5, 0.6) is 0 Å². The zero-order valence-corrected chi connectivity index (χ0v) is 16.9. The third kappa shape index (κ3) is 3.63. The van der Waals surface area contributed by atoms with Crippen LogP contribution in [0.3, 0.4) is 0 Å². The van der Waals surface area contributed by atoms with E-state index in [2.05, 4.69) is 25.5 Å². The number of halogens is 2. The Morgan fingerprint density at radius 2 is 2.03 bits per heavy atom. The van der Waals surface area contributed by atoms with E-state index in [9.17, 15) is 9.59 Å². The summed E-state index contributed by atoms with van der Waals surface area (Å²) >= 11 is 12.4. The fourth-order valence-corrected chi connectivity index (χ4v) is 3.94. The molecule has 0 bridgehead atoms. The van der Waals surface area contributed by atoms with Crippen molar-refractivity contribution in [3.05, 3.63) is 38.6 Å². The summed E-state index contributed by atoms with van der Waals surface area (Å²) in [6.45, 7) is 2.96. The number of nitrogens with zero attached hydrogens (tertiary/aromatic N) is 3. The number of rotatable bonds is 3. The standard InChI is InChI=1S/C18H18Cl2N6O3/c1-18(23-17(28)29)5-7-26(8-6-18)16-21-14-11(15(27)22-16)13(24-25-14)9-3-2-4-10(19)12(9)20/h2-4,23H,5-8H2,1H3,(H,28,29)(H2,21,22,24,25,27). The maximum absolute atomic E-state index is 12.8. The molecule has 1 aromatic carbocycles.